The van der Waals surface area contributed by atoms with E-state index in [1.807, 2.05) is 152 Å². The molecule has 0 unspecified atom stereocenters. The minimum absolute atomic E-state index is 0. The van der Waals surface area contributed by atoms with Crippen LogP contribution in [0.25, 0.3) is 68.3 Å². The van der Waals surface area contributed by atoms with Crippen LogP contribution in [0.5, 0.6) is 0 Å². The quantitative estimate of drug-likeness (QED) is 0.0878. The molecule has 0 saturated heterocycles. The predicted octanol–water partition coefficient (Wildman–Crippen LogP) is 17.1. The second-order valence-electron chi connectivity index (χ2n) is 14.1. The number of halogens is 18. The van der Waals surface area contributed by atoms with Crippen LogP contribution in [0.1, 0.15) is 0 Å². The molecule has 9 aromatic rings. The van der Waals surface area contributed by atoms with E-state index >= 15 is 0 Å². The third kappa shape index (κ3) is 36.6. The molecular weight excluding hydrogens is 1330 g/mol. The molecule has 0 bridgehead atoms. The van der Waals surface area contributed by atoms with E-state index in [4.69, 9.17) is 0 Å². The molecule has 0 aliphatic carbocycles. The van der Waals surface area contributed by atoms with Crippen molar-refractivity contribution >= 4 is 23.4 Å². The van der Waals surface area contributed by atoms with Gasteiger partial charge in [-0.3, -0.25) is 29.9 Å². The fraction of sp³-hybridized carbons (Fsp3) is 0. The van der Waals surface area contributed by atoms with Gasteiger partial charge in [0.05, 0.1) is 56.9 Å². The van der Waals surface area contributed by atoms with Crippen LogP contribution in [0.4, 0.5) is 75.5 Å². The van der Waals surface area contributed by atoms with Crippen LogP contribution >= 0.6 is 23.4 Å². The molecule has 0 atom stereocenters. The Morgan fingerprint density at radius 3 is 0.654 bits per heavy atom. The van der Waals surface area contributed by atoms with Gasteiger partial charge in [0.15, 0.2) is 0 Å². The van der Waals surface area contributed by atoms with Crippen LogP contribution in [0, 0.1) is 0 Å². The van der Waals surface area contributed by atoms with E-state index in [1.54, 1.807) is 37.2 Å². The summed E-state index contributed by atoms with van der Waals surface area (Å²) in [5.41, 5.74) is 10.1. The van der Waals surface area contributed by atoms with Gasteiger partial charge in [0.25, 0.3) is 0 Å². The van der Waals surface area contributed by atoms with Crippen molar-refractivity contribution in [3.8, 4) is 68.3 Å². The van der Waals surface area contributed by atoms with Crippen LogP contribution in [-0.4, -0.2) is 55.9 Å². The Bertz CT molecular complexity index is 2820. The fourth-order valence-electron chi connectivity index (χ4n) is 5.07. The van der Waals surface area contributed by atoms with Crippen molar-refractivity contribution in [1.82, 2.24) is 50.1 Å². The standard InChI is InChI=1S/2C15H11N3.C13H9N4.3F6P.2H2O.2Ru/c2*1-3-10-16-12(6-1)14-8-5-9-15(18-14)13-7-2-4-11-17-13;1-3-7-14-10(5-1)12-9-13(17-16-12)11-6-2-4-8-15-11;3*1-7(2,3,4,5)6;;;;/h2*1-11H;1-9H;;;;2*1H2;;/q;;4*-1;;;2*+2. The van der Waals surface area contributed by atoms with Crippen LogP contribution in [0.3, 0.4) is 0 Å². The van der Waals surface area contributed by atoms with E-state index in [-0.39, 0.29) is 49.9 Å². The molecule has 12 nitrogen and oxygen atoms in total. The van der Waals surface area contributed by atoms with E-state index in [1.165, 1.54) is 0 Å². The van der Waals surface area contributed by atoms with E-state index in [9.17, 15) is 75.5 Å². The van der Waals surface area contributed by atoms with Crippen LogP contribution in [0.15, 0.2) is 189 Å². The molecule has 426 valence electrons. The maximum absolute atomic E-state index is 10.7. The topological polar surface area (TPSA) is 193 Å². The number of hydrogen-bond donors (Lipinski definition) is 0. The molecule has 0 aliphatic rings. The Hall–Kier alpha value is -6.39. The van der Waals surface area contributed by atoms with E-state index < -0.39 is 23.4 Å². The van der Waals surface area contributed by atoms with Crippen molar-refractivity contribution in [2.75, 3.05) is 0 Å². The summed E-state index contributed by atoms with van der Waals surface area (Å²) in [6, 6.07) is 48.3. The Morgan fingerprint density at radius 2 is 0.449 bits per heavy atom. The third-order valence-corrected chi connectivity index (χ3v) is 7.60. The Balaban J connectivity index is 0.000000948. The van der Waals surface area contributed by atoms with Crippen molar-refractivity contribution in [3.05, 3.63) is 189 Å². The molecule has 0 aromatic carbocycles. The summed E-state index contributed by atoms with van der Waals surface area (Å²) < 4.78 is 178. The van der Waals surface area contributed by atoms with Gasteiger partial charge in [-0.05, 0) is 103 Å². The average molecular weight is 1360 g/mol. The number of aromatic nitrogens is 10. The maximum Gasteiger partial charge on any atom is 2.00 e. The number of hydrogen-bond acceptors (Lipinski definition) is 9. The SMILES string of the molecule is F[P-](F)(F)(F)(F)F.F[P-](F)(F)(F)(F)F.F[P-](F)(F)(F)(F)F.O.O.[Ru+2].[Ru+2].c1ccc(-c2cc(-c3ccccn3)[n-]n2)nc1.c1ccc(-c2cccc(-c3ccccn3)n2)nc1.c1ccc(-c2cccc(-c3ccccn3)n2)nc1. The summed E-state index contributed by atoms with van der Waals surface area (Å²) >= 11 is 0. The molecule has 78 heavy (non-hydrogen) atoms. The normalized spacial score (nSPS) is 13.2. The first-order chi connectivity index (χ1) is 33.6. The van der Waals surface area contributed by atoms with Crippen molar-refractivity contribution in [2.24, 2.45) is 0 Å². The molecule has 9 aromatic heterocycles. The van der Waals surface area contributed by atoms with Gasteiger partial charge in [0.1, 0.15) is 0 Å². The summed E-state index contributed by atoms with van der Waals surface area (Å²) in [6.07, 6.45) is 10.6. The molecule has 0 saturated carbocycles. The first-order valence-corrected chi connectivity index (χ1v) is 25.9. The first-order valence-electron chi connectivity index (χ1n) is 19.8. The van der Waals surface area contributed by atoms with Crippen molar-refractivity contribution in [2.45, 2.75) is 0 Å². The van der Waals surface area contributed by atoms with Crippen LogP contribution < -0.4 is 5.10 Å². The maximum atomic E-state index is 9.87. The molecule has 4 N–H and O–H groups in total. The molecule has 0 amide bonds. The first kappa shape index (κ1) is 71.6. The van der Waals surface area contributed by atoms with Crippen LogP contribution in [0.2, 0.25) is 0 Å². The van der Waals surface area contributed by atoms with E-state index in [0.29, 0.717) is 0 Å². The molecule has 9 heterocycles. The van der Waals surface area contributed by atoms with Crippen LogP contribution in [-0.2, 0) is 39.0 Å². The summed E-state index contributed by atoms with van der Waals surface area (Å²) in [7, 11) is -32.0. The molecule has 0 aliphatic heterocycles. The van der Waals surface area contributed by atoms with Gasteiger partial charge >= 0.3 is 138 Å². The minimum Gasteiger partial charge on any atom is -0.573 e. The predicted molar refractivity (Wildman–Crippen MR) is 253 cm³/mol. The molecule has 0 radical (unpaired) electrons. The smallest absolute Gasteiger partial charge is 0.573 e. The van der Waals surface area contributed by atoms with Gasteiger partial charge < -0.3 is 21.1 Å². The monoisotopic (exact) mass is 1360 g/mol. The third-order valence-electron chi connectivity index (χ3n) is 7.60. The largest absolute Gasteiger partial charge is 2.00 e. The summed E-state index contributed by atoms with van der Waals surface area (Å²) in [5.74, 6) is 0. The number of pyridine rings is 8. The molecule has 0 fully saturated rings. The molecule has 0 spiro atoms. The van der Waals surface area contributed by atoms with Crippen molar-refractivity contribution in [3.63, 3.8) is 0 Å². The van der Waals surface area contributed by atoms with Gasteiger partial charge in [-0.1, -0.05) is 54.2 Å². The molecule has 9 rings (SSSR count). The van der Waals surface area contributed by atoms with Gasteiger partial charge in [0, 0.05) is 42.9 Å². The van der Waals surface area contributed by atoms with E-state index in [0.717, 1.165) is 68.3 Å². The fourth-order valence-corrected chi connectivity index (χ4v) is 5.07. The molecular formula is C43H35F18N10O2P3Ru2. The second kappa shape index (κ2) is 25.6. The Labute approximate surface area is 454 Å². The summed E-state index contributed by atoms with van der Waals surface area (Å²) in [6.45, 7) is 0. The van der Waals surface area contributed by atoms with Crippen molar-refractivity contribution < 1.29 is 125 Å². The zero-order valence-corrected chi connectivity index (χ0v) is 44.4. The average Bonchev–Trinajstić information content (AvgIpc) is 3.82. The summed E-state index contributed by atoms with van der Waals surface area (Å²) in [5, 5.41) is 8.22. The summed E-state index contributed by atoms with van der Waals surface area (Å²) in [4.78, 5) is 34.8. The van der Waals surface area contributed by atoms with Gasteiger partial charge in [-0.2, -0.15) is 0 Å². The minimum atomic E-state index is -10.7. The Kier molecular flexibility index (Phi) is 23.5. The van der Waals surface area contributed by atoms with E-state index in [2.05, 4.69) is 50.1 Å². The molecule has 35 heteroatoms. The van der Waals surface area contributed by atoms with Crippen molar-refractivity contribution in [1.29, 1.82) is 0 Å². The van der Waals surface area contributed by atoms with Gasteiger partial charge in [-0.15, -0.1) is 0 Å². The number of nitrogens with zero attached hydrogens (tertiary/aromatic N) is 10. The zero-order valence-electron chi connectivity index (χ0n) is 38.2. The zero-order chi connectivity index (χ0) is 55.1. The van der Waals surface area contributed by atoms with Gasteiger partial charge in [-0.25, -0.2) is 9.97 Å². The number of rotatable bonds is 6. The Morgan fingerprint density at radius 1 is 0.256 bits per heavy atom. The second-order valence-corrected chi connectivity index (χ2v) is 19.8. The van der Waals surface area contributed by atoms with Gasteiger partial charge in [0.2, 0.25) is 0 Å².